The lowest BCUT2D eigenvalue weighted by Gasteiger charge is -2.11. The van der Waals surface area contributed by atoms with Crippen LogP contribution in [0, 0.1) is 0 Å². The van der Waals surface area contributed by atoms with Gasteiger partial charge in [-0.2, -0.15) is 0 Å². The normalized spacial score (nSPS) is 11.1. The molecule has 2 heterocycles. The summed E-state index contributed by atoms with van der Waals surface area (Å²) in [5, 5.41) is 5.38. The van der Waals surface area contributed by atoms with Crippen molar-refractivity contribution >= 4 is 27.6 Å². The molecule has 4 aromatic rings. The third kappa shape index (κ3) is 2.77. The van der Waals surface area contributed by atoms with Crippen LogP contribution in [0.5, 0.6) is 0 Å². The first-order valence-corrected chi connectivity index (χ1v) is 8.55. The van der Waals surface area contributed by atoms with E-state index in [1.165, 1.54) is 9.95 Å². The molecule has 0 aliphatic carbocycles. The zero-order chi connectivity index (χ0) is 18.1. The van der Waals surface area contributed by atoms with Crippen LogP contribution >= 0.6 is 0 Å². The Morgan fingerprint density at radius 3 is 2.58 bits per heavy atom. The van der Waals surface area contributed by atoms with Gasteiger partial charge in [-0.25, -0.2) is 0 Å². The highest BCUT2D eigenvalue weighted by Crippen LogP contribution is 2.16. The number of pyridine rings is 1. The summed E-state index contributed by atoms with van der Waals surface area (Å²) in [6, 6.07) is 17.4. The number of hydrogen-bond acceptors (Lipinski definition) is 2. The second-order valence-corrected chi connectivity index (χ2v) is 6.33. The van der Waals surface area contributed by atoms with Crippen LogP contribution in [0.4, 0.5) is 0 Å². The highest BCUT2D eigenvalue weighted by molar-refractivity contribution is 6.06. The van der Waals surface area contributed by atoms with Crippen LogP contribution < -0.4 is 10.9 Å². The van der Waals surface area contributed by atoms with Gasteiger partial charge in [-0.15, -0.1) is 0 Å². The first kappa shape index (κ1) is 16.1. The zero-order valence-electron chi connectivity index (χ0n) is 14.5. The SMILES string of the molecule is Cn1cc(C(=O)NCCn2ccc3ccccc32)c2ccccc2c1=O. The zero-order valence-corrected chi connectivity index (χ0v) is 14.5. The first-order chi connectivity index (χ1) is 12.6. The van der Waals surface area contributed by atoms with Crippen molar-refractivity contribution in [1.29, 1.82) is 0 Å². The quantitative estimate of drug-likeness (QED) is 0.618. The van der Waals surface area contributed by atoms with Crippen molar-refractivity contribution in [2.24, 2.45) is 7.05 Å². The summed E-state index contributed by atoms with van der Waals surface area (Å²) >= 11 is 0. The van der Waals surface area contributed by atoms with Gasteiger partial charge in [0, 0.05) is 48.8 Å². The van der Waals surface area contributed by atoms with Crippen molar-refractivity contribution in [1.82, 2.24) is 14.5 Å². The fourth-order valence-electron chi connectivity index (χ4n) is 3.32. The largest absolute Gasteiger partial charge is 0.350 e. The number of aromatic nitrogens is 2. The minimum absolute atomic E-state index is 0.101. The summed E-state index contributed by atoms with van der Waals surface area (Å²) in [5.41, 5.74) is 1.56. The maximum atomic E-state index is 12.7. The number of rotatable bonds is 4. The number of para-hydroxylation sites is 1. The van der Waals surface area contributed by atoms with Gasteiger partial charge in [-0.05, 0) is 23.6 Å². The Labute approximate surface area is 150 Å². The fourth-order valence-corrected chi connectivity index (χ4v) is 3.32. The number of aryl methyl sites for hydroxylation is 1. The smallest absolute Gasteiger partial charge is 0.258 e. The molecule has 2 aromatic carbocycles. The highest BCUT2D eigenvalue weighted by Gasteiger charge is 2.13. The first-order valence-electron chi connectivity index (χ1n) is 8.55. The van der Waals surface area contributed by atoms with Gasteiger partial charge in [-0.1, -0.05) is 36.4 Å². The minimum atomic E-state index is -0.173. The van der Waals surface area contributed by atoms with E-state index in [9.17, 15) is 9.59 Å². The molecule has 4 rings (SSSR count). The lowest BCUT2D eigenvalue weighted by molar-refractivity contribution is 0.0953. The van der Waals surface area contributed by atoms with E-state index >= 15 is 0 Å². The molecule has 1 amide bonds. The molecule has 0 radical (unpaired) electrons. The van der Waals surface area contributed by atoms with Gasteiger partial charge >= 0.3 is 0 Å². The molecule has 0 unspecified atom stereocenters. The molecule has 5 nitrogen and oxygen atoms in total. The van der Waals surface area contributed by atoms with Crippen molar-refractivity contribution in [3.8, 4) is 0 Å². The van der Waals surface area contributed by atoms with E-state index in [0.29, 0.717) is 29.4 Å². The molecular weight excluding hydrogens is 326 g/mol. The lowest BCUT2D eigenvalue weighted by atomic mass is 10.1. The van der Waals surface area contributed by atoms with Gasteiger partial charge in [0.15, 0.2) is 0 Å². The Kier molecular flexibility index (Phi) is 4.05. The third-order valence-corrected chi connectivity index (χ3v) is 4.65. The number of carbonyl (C=O) groups excluding carboxylic acids is 1. The minimum Gasteiger partial charge on any atom is -0.350 e. The Hall–Kier alpha value is -3.34. The average molecular weight is 345 g/mol. The number of benzene rings is 2. The molecule has 130 valence electrons. The number of fused-ring (bicyclic) bond motifs is 2. The van der Waals surface area contributed by atoms with Crippen LogP contribution in [0.1, 0.15) is 10.4 Å². The second-order valence-electron chi connectivity index (χ2n) is 6.33. The number of nitrogens with one attached hydrogen (secondary N) is 1. The number of amides is 1. The van der Waals surface area contributed by atoms with E-state index < -0.39 is 0 Å². The topological polar surface area (TPSA) is 56.0 Å². The molecular formula is C21H19N3O2. The molecule has 0 bridgehead atoms. The van der Waals surface area contributed by atoms with Crippen LogP contribution in [-0.4, -0.2) is 21.6 Å². The summed E-state index contributed by atoms with van der Waals surface area (Å²) in [7, 11) is 1.66. The maximum absolute atomic E-state index is 12.7. The van der Waals surface area contributed by atoms with Crippen molar-refractivity contribution in [2.75, 3.05) is 6.54 Å². The lowest BCUT2D eigenvalue weighted by Crippen LogP contribution is -2.29. The van der Waals surface area contributed by atoms with Crippen molar-refractivity contribution in [3.63, 3.8) is 0 Å². The van der Waals surface area contributed by atoms with Gasteiger partial charge in [0.2, 0.25) is 0 Å². The van der Waals surface area contributed by atoms with Crippen LogP contribution in [0.15, 0.2) is 71.8 Å². The second kappa shape index (κ2) is 6.52. The van der Waals surface area contributed by atoms with Gasteiger partial charge in [-0.3, -0.25) is 9.59 Å². The average Bonchev–Trinajstić information content (AvgIpc) is 3.08. The van der Waals surface area contributed by atoms with Gasteiger partial charge in [0.25, 0.3) is 11.5 Å². The predicted octanol–water partition coefficient (Wildman–Crippen LogP) is 2.92. The number of nitrogens with zero attached hydrogens (tertiary/aromatic N) is 2. The van der Waals surface area contributed by atoms with Crippen LogP contribution in [0.3, 0.4) is 0 Å². The summed E-state index contributed by atoms with van der Waals surface area (Å²) in [6.07, 6.45) is 3.63. The molecule has 0 saturated carbocycles. The molecule has 26 heavy (non-hydrogen) atoms. The molecule has 0 saturated heterocycles. The molecule has 0 spiro atoms. The van der Waals surface area contributed by atoms with E-state index in [-0.39, 0.29) is 11.5 Å². The summed E-state index contributed by atoms with van der Waals surface area (Å²) < 4.78 is 3.57. The van der Waals surface area contributed by atoms with E-state index in [0.717, 1.165) is 5.52 Å². The van der Waals surface area contributed by atoms with E-state index in [1.54, 1.807) is 19.3 Å². The Morgan fingerprint density at radius 1 is 1.00 bits per heavy atom. The standard InChI is InChI=1S/C21H19N3O2/c1-23-14-18(16-7-3-4-8-17(16)21(23)26)20(25)22-11-13-24-12-10-15-6-2-5-9-19(15)24/h2-10,12,14H,11,13H2,1H3,(H,22,25). The van der Waals surface area contributed by atoms with Gasteiger partial charge in [0.05, 0.1) is 5.56 Å². The van der Waals surface area contributed by atoms with Crippen molar-refractivity contribution in [2.45, 2.75) is 6.54 Å². The molecule has 0 aliphatic rings. The van der Waals surface area contributed by atoms with Crippen LogP contribution in [0.25, 0.3) is 21.7 Å². The number of carbonyl (C=O) groups is 1. The Bertz CT molecular complexity index is 1170. The van der Waals surface area contributed by atoms with Crippen molar-refractivity contribution < 1.29 is 4.79 Å². The van der Waals surface area contributed by atoms with Gasteiger partial charge < -0.3 is 14.5 Å². The van der Waals surface area contributed by atoms with E-state index in [2.05, 4.69) is 28.1 Å². The third-order valence-electron chi connectivity index (χ3n) is 4.65. The van der Waals surface area contributed by atoms with E-state index in [1.807, 2.05) is 36.5 Å². The Balaban J connectivity index is 1.55. The molecule has 2 aromatic heterocycles. The monoisotopic (exact) mass is 345 g/mol. The van der Waals surface area contributed by atoms with E-state index in [4.69, 9.17) is 0 Å². The maximum Gasteiger partial charge on any atom is 0.258 e. The summed E-state index contributed by atoms with van der Waals surface area (Å²) in [4.78, 5) is 24.9. The highest BCUT2D eigenvalue weighted by atomic mass is 16.2. The van der Waals surface area contributed by atoms with Crippen molar-refractivity contribution in [3.05, 3.63) is 82.9 Å². The predicted molar refractivity (Wildman–Crippen MR) is 103 cm³/mol. The molecule has 0 atom stereocenters. The molecule has 1 N–H and O–H groups in total. The number of hydrogen-bond donors (Lipinski definition) is 1. The summed E-state index contributed by atoms with van der Waals surface area (Å²) in [6.45, 7) is 1.19. The summed E-state index contributed by atoms with van der Waals surface area (Å²) in [5.74, 6) is -0.173. The van der Waals surface area contributed by atoms with Gasteiger partial charge in [0.1, 0.15) is 0 Å². The molecule has 0 fully saturated rings. The molecule has 0 aliphatic heterocycles. The molecule has 5 heteroatoms. The Morgan fingerprint density at radius 2 is 1.73 bits per heavy atom. The van der Waals surface area contributed by atoms with Crippen LogP contribution in [-0.2, 0) is 13.6 Å². The van der Waals surface area contributed by atoms with Crippen LogP contribution in [0.2, 0.25) is 0 Å². The fraction of sp³-hybridized carbons (Fsp3) is 0.143.